The fraction of sp³-hybridized carbons (Fsp3) is 0.538. The summed E-state index contributed by atoms with van der Waals surface area (Å²) in [6.07, 6.45) is 5.61. The molecule has 0 radical (unpaired) electrons. The van der Waals surface area contributed by atoms with Crippen LogP contribution in [0.4, 0.5) is 0 Å². The van der Waals surface area contributed by atoms with E-state index in [0.29, 0.717) is 12.1 Å². The molecule has 1 saturated carbocycles. The number of carbonyl (C=O) groups excluding carboxylic acids is 1. The van der Waals surface area contributed by atoms with Gasteiger partial charge in [-0.15, -0.1) is 12.4 Å². The highest BCUT2D eigenvalue weighted by atomic mass is 35.5. The molecule has 2 rings (SSSR count). The summed E-state index contributed by atoms with van der Waals surface area (Å²) < 4.78 is 1.44. The van der Waals surface area contributed by atoms with E-state index in [4.69, 9.17) is 5.73 Å². The smallest absolute Gasteiger partial charge is 0.252 e. The summed E-state index contributed by atoms with van der Waals surface area (Å²) in [4.78, 5) is 23.6. The Bertz CT molecular complexity index is 507. The van der Waals surface area contributed by atoms with E-state index >= 15 is 0 Å². The lowest BCUT2D eigenvalue weighted by Crippen LogP contribution is -2.51. The zero-order valence-corrected chi connectivity index (χ0v) is 11.8. The van der Waals surface area contributed by atoms with Crippen LogP contribution < -0.4 is 16.6 Å². The number of carbonyl (C=O) groups is 1. The van der Waals surface area contributed by atoms with Crippen molar-refractivity contribution in [1.29, 1.82) is 0 Å². The molecule has 0 unspecified atom stereocenters. The van der Waals surface area contributed by atoms with Gasteiger partial charge in [0.25, 0.3) is 11.5 Å². The van der Waals surface area contributed by atoms with Crippen molar-refractivity contribution in [2.75, 3.05) is 6.54 Å². The second-order valence-corrected chi connectivity index (χ2v) is 5.01. The zero-order chi connectivity index (χ0) is 13.2. The molecular formula is C13H20ClN3O2. The minimum atomic E-state index is -0.280. The summed E-state index contributed by atoms with van der Waals surface area (Å²) in [6, 6.07) is 3.00. The van der Waals surface area contributed by atoms with Crippen LogP contribution in [0.15, 0.2) is 23.1 Å². The topological polar surface area (TPSA) is 77.1 Å². The third-order valence-corrected chi connectivity index (χ3v) is 3.70. The van der Waals surface area contributed by atoms with Crippen LogP contribution >= 0.6 is 12.4 Å². The van der Waals surface area contributed by atoms with Gasteiger partial charge < -0.3 is 15.6 Å². The first-order valence-electron chi connectivity index (χ1n) is 6.26. The molecule has 1 aromatic heterocycles. The maximum Gasteiger partial charge on any atom is 0.252 e. The number of aryl methyl sites for hydroxylation is 1. The molecule has 1 aliphatic carbocycles. The standard InChI is InChI=1S/C13H19N3O2.ClH/c1-16-7-4-10(8-11(16)17)12(18)15-13(9-14)5-2-3-6-13;/h4,7-8H,2-3,5-6,9,14H2,1H3,(H,15,18);1H. The van der Waals surface area contributed by atoms with E-state index in [0.717, 1.165) is 25.7 Å². The Labute approximate surface area is 118 Å². The van der Waals surface area contributed by atoms with E-state index in [2.05, 4.69) is 5.32 Å². The first-order chi connectivity index (χ1) is 8.56. The van der Waals surface area contributed by atoms with Gasteiger partial charge in [0.2, 0.25) is 0 Å². The number of hydrogen-bond donors (Lipinski definition) is 2. The highest BCUT2D eigenvalue weighted by Gasteiger charge is 2.34. The molecular weight excluding hydrogens is 266 g/mol. The Morgan fingerprint density at radius 2 is 2.11 bits per heavy atom. The van der Waals surface area contributed by atoms with Crippen LogP contribution in [0.25, 0.3) is 0 Å². The zero-order valence-electron chi connectivity index (χ0n) is 11.0. The molecule has 6 heteroatoms. The number of nitrogens with two attached hydrogens (primary N) is 1. The molecule has 1 amide bonds. The molecule has 0 aliphatic heterocycles. The molecule has 1 fully saturated rings. The molecule has 5 nitrogen and oxygen atoms in total. The number of nitrogens with one attached hydrogen (secondary N) is 1. The average molecular weight is 286 g/mol. The Morgan fingerprint density at radius 1 is 1.47 bits per heavy atom. The van der Waals surface area contributed by atoms with Crippen LogP contribution in [0.3, 0.4) is 0 Å². The summed E-state index contributed by atoms with van der Waals surface area (Å²) in [5, 5.41) is 2.99. The molecule has 3 N–H and O–H groups in total. The van der Waals surface area contributed by atoms with Crippen molar-refractivity contribution >= 4 is 18.3 Å². The van der Waals surface area contributed by atoms with Crippen LogP contribution in [-0.2, 0) is 7.05 Å². The first-order valence-corrected chi connectivity index (χ1v) is 6.26. The number of aromatic nitrogens is 1. The number of hydrogen-bond acceptors (Lipinski definition) is 3. The van der Waals surface area contributed by atoms with Gasteiger partial charge in [-0.2, -0.15) is 0 Å². The van der Waals surface area contributed by atoms with Crippen LogP contribution in [0.2, 0.25) is 0 Å². The molecule has 0 atom stereocenters. The second kappa shape index (κ2) is 6.21. The summed E-state index contributed by atoms with van der Waals surface area (Å²) in [7, 11) is 1.66. The van der Waals surface area contributed by atoms with Crippen molar-refractivity contribution in [3.63, 3.8) is 0 Å². The van der Waals surface area contributed by atoms with Gasteiger partial charge in [0.05, 0.1) is 5.54 Å². The van der Waals surface area contributed by atoms with Gasteiger partial charge in [-0.3, -0.25) is 9.59 Å². The quantitative estimate of drug-likeness (QED) is 0.863. The average Bonchev–Trinajstić information content (AvgIpc) is 2.82. The number of halogens is 1. The van der Waals surface area contributed by atoms with E-state index in [-0.39, 0.29) is 29.4 Å². The van der Waals surface area contributed by atoms with Crippen molar-refractivity contribution in [2.24, 2.45) is 12.8 Å². The highest BCUT2D eigenvalue weighted by Crippen LogP contribution is 2.28. The molecule has 0 saturated heterocycles. The van der Waals surface area contributed by atoms with Gasteiger partial charge in [0, 0.05) is 31.4 Å². The van der Waals surface area contributed by atoms with Crippen LogP contribution in [0, 0.1) is 0 Å². The van der Waals surface area contributed by atoms with Crippen LogP contribution in [-0.4, -0.2) is 22.6 Å². The maximum absolute atomic E-state index is 12.1. The molecule has 19 heavy (non-hydrogen) atoms. The molecule has 1 heterocycles. The van der Waals surface area contributed by atoms with Crippen molar-refractivity contribution in [3.8, 4) is 0 Å². The largest absolute Gasteiger partial charge is 0.345 e. The molecule has 1 aliphatic rings. The predicted octanol–water partition coefficient (Wildman–Crippen LogP) is 0.808. The fourth-order valence-corrected chi connectivity index (χ4v) is 2.43. The number of rotatable bonds is 3. The third-order valence-electron chi connectivity index (χ3n) is 3.70. The van der Waals surface area contributed by atoms with E-state index in [1.54, 1.807) is 19.3 Å². The van der Waals surface area contributed by atoms with Gasteiger partial charge in [-0.05, 0) is 18.9 Å². The summed E-state index contributed by atoms with van der Waals surface area (Å²) >= 11 is 0. The van der Waals surface area contributed by atoms with Crippen molar-refractivity contribution in [2.45, 2.75) is 31.2 Å². The van der Waals surface area contributed by atoms with Crippen molar-refractivity contribution in [3.05, 3.63) is 34.2 Å². The van der Waals surface area contributed by atoms with Crippen LogP contribution in [0.5, 0.6) is 0 Å². The minimum Gasteiger partial charge on any atom is -0.345 e. The number of amides is 1. The normalized spacial score (nSPS) is 16.7. The number of nitrogens with zero attached hydrogens (tertiary/aromatic N) is 1. The first kappa shape index (κ1) is 15.7. The van der Waals surface area contributed by atoms with Crippen molar-refractivity contribution in [1.82, 2.24) is 9.88 Å². The lowest BCUT2D eigenvalue weighted by molar-refractivity contribution is 0.0903. The summed E-state index contributed by atoms with van der Waals surface area (Å²) in [5.74, 6) is -0.208. The Morgan fingerprint density at radius 3 is 2.63 bits per heavy atom. The number of pyridine rings is 1. The summed E-state index contributed by atoms with van der Waals surface area (Å²) in [5.41, 5.74) is 5.71. The Kier molecular flexibility index (Phi) is 5.14. The molecule has 106 valence electrons. The molecule has 0 spiro atoms. The SMILES string of the molecule is Cl.Cn1ccc(C(=O)NC2(CN)CCCC2)cc1=O. The van der Waals surface area contributed by atoms with E-state index in [9.17, 15) is 9.59 Å². The second-order valence-electron chi connectivity index (χ2n) is 5.01. The lowest BCUT2D eigenvalue weighted by Gasteiger charge is -2.28. The van der Waals surface area contributed by atoms with E-state index in [1.165, 1.54) is 10.6 Å². The van der Waals surface area contributed by atoms with E-state index in [1.807, 2.05) is 0 Å². The monoisotopic (exact) mass is 285 g/mol. The molecule has 1 aromatic rings. The van der Waals surface area contributed by atoms with Gasteiger partial charge in [0.1, 0.15) is 0 Å². The van der Waals surface area contributed by atoms with Gasteiger partial charge in [-0.1, -0.05) is 12.8 Å². The fourth-order valence-electron chi connectivity index (χ4n) is 2.43. The van der Waals surface area contributed by atoms with Gasteiger partial charge in [-0.25, -0.2) is 0 Å². The summed E-state index contributed by atoms with van der Waals surface area (Å²) in [6.45, 7) is 0.448. The minimum absolute atomic E-state index is 0. The van der Waals surface area contributed by atoms with Gasteiger partial charge in [0.15, 0.2) is 0 Å². The predicted molar refractivity (Wildman–Crippen MR) is 76.7 cm³/mol. The third kappa shape index (κ3) is 3.36. The molecule has 0 aromatic carbocycles. The van der Waals surface area contributed by atoms with Crippen LogP contribution in [0.1, 0.15) is 36.0 Å². The Hall–Kier alpha value is -1.33. The van der Waals surface area contributed by atoms with E-state index < -0.39 is 0 Å². The Balaban J connectivity index is 0.00000180. The van der Waals surface area contributed by atoms with Gasteiger partial charge >= 0.3 is 0 Å². The maximum atomic E-state index is 12.1. The molecule has 0 bridgehead atoms. The highest BCUT2D eigenvalue weighted by molar-refractivity contribution is 5.94. The van der Waals surface area contributed by atoms with Crippen molar-refractivity contribution < 1.29 is 4.79 Å². The lowest BCUT2D eigenvalue weighted by atomic mass is 9.97.